The van der Waals surface area contributed by atoms with Crippen molar-refractivity contribution >= 4 is 34.7 Å². The summed E-state index contributed by atoms with van der Waals surface area (Å²) in [5.74, 6) is 1.06. The molecule has 30 heavy (non-hydrogen) atoms. The van der Waals surface area contributed by atoms with E-state index in [0.717, 1.165) is 22.8 Å². The van der Waals surface area contributed by atoms with Crippen LogP contribution in [-0.4, -0.2) is 26.4 Å². The first kappa shape index (κ1) is 20.4. The zero-order valence-electron chi connectivity index (χ0n) is 16.8. The predicted octanol–water partition coefficient (Wildman–Crippen LogP) is 5.27. The Morgan fingerprint density at radius 2 is 1.70 bits per heavy atom. The number of nitrogens with one attached hydrogen (secondary N) is 1. The lowest BCUT2D eigenvalue weighted by atomic mass is 10.2. The van der Waals surface area contributed by atoms with Crippen LogP contribution in [0.2, 0.25) is 0 Å². The van der Waals surface area contributed by atoms with Crippen molar-refractivity contribution in [3.8, 4) is 5.69 Å². The van der Waals surface area contributed by atoms with Crippen molar-refractivity contribution in [2.45, 2.75) is 25.4 Å². The largest absolute Gasteiger partial charge is 0.325 e. The second-order valence-electron chi connectivity index (χ2n) is 7.03. The molecule has 1 amide bonds. The SMILES string of the molecule is Cc1ccc(NC(=O)CSc2nnc(Cc3cccs3)n2-c2ccc(C)cc2)cc1. The average Bonchev–Trinajstić information content (AvgIpc) is 3.39. The number of aromatic nitrogens is 3. The molecule has 5 nitrogen and oxygen atoms in total. The number of carbonyl (C=O) groups is 1. The van der Waals surface area contributed by atoms with Gasteiger partial charge in [-0.15, -0.1) is 21.5 Å². The third-order valence-corrected chi connectivity index (χ3v) is 6.38. The number of rotatable bonds is 7. The smallest absolute Gasteiger partial charge is 0.234 e. The Kier molecular flexibility index (Phi) is 6.30. The van der Waals surface area contributed by atoms with Crippen molar-refractivity contribution in [1.82, 2.24) is 14.8 Å². The number of carbonyl (C=O) groups excluding carboxylic acids is 1. The molecule has 7 heteroatoms. The third kappa shape index (κ3) is 4.98. The number of thioether (sulfide) groups is 1. The summed E-state index contributed by atoms with van der Waals surface area (Å²) < 4.78 is 2.04. The monoisotopic (exact) mass is 434 g/mol. The summed E-state index contributed by atoms with van der Waals surface area (Å²) in [7, 11) is 0. The van der Waals surface area contributed by atoms with Gasteiger partial charge < -0.3 is 5.32 Å². The lowest BCUT2D eigenvalue weighted by Crippen LogP contribution is -2.14. The molecule has 2 heterocycles. The number of anilines is 1. The molecular formula is C23H22N4OS2. The summed E-state index contributed by atoms with van der Waals surface area (Å²) in [5, 5.41) is 14.5. The van der Waals surface area contributed by atoms with Crippen LogP contribution in [0.5, 0.6) is 0 Å². The minimum absolute atomic E-state index is 0.0675. The van der Waals surface area contributed by atoms with Gasteiger partial charge in [-0.1, -0.05) is 53.2 Å². The van der Waals surface area contributed by atoms with Crippen LogP contribution in [0.15, 0.2) is 71.2 Å². The summed E-state index contributed by atoms with van der Waals surface area (Å²) in [4.78, 5) is 13.7. The van der Waals surface area contributed by atoms with Crippen molar-refractivity contribution in [3.63, 3.8) is 0 Å². The molecule has 0 radical (unpaired) electrons. The van der Waals surface area contributed by atoms with Crippen LogP contribution in [0.25, 0.3) is 5.69 Å². The van der Waals surface area contributed by atoms with Gasteiger partial charge in [0.25, 0.3) is 0 Å². The van der Waals surface area contributed by atoms with Gasteiger partial charge >= 0.3 is 0 Å². The molecule has 0 atom stereocenters. The Labute approximate surface area is 184 Å². The molecule has 0 aliphatic carbocycles. The summed E-state index contributed by atoms with van der Waals surface area (Å²) >= 11 is 3.09. The van der Waals surface area contributed by atoms with Gasteiger partial charge in [-0.25, -0.2) is 0 Å². The van der Waals surface area contributed by atoms with Crippen LogP contribution in [-0.2, 0) is 11.2 Å². The van der Waals surface area contributed by atoms with Gasteiger partial charge in [0.2, 0.25) is 5.91 Å². The molecule has 0 saturated carbocycles. The minimum atomic E-state index is -0.0675. The molecule has 0 fully saturated rings. The molecule has 152 valence electrons. The van der Waals surface area contributed by atoms with E-state index < -0.39 is 0 Å². The van der Waals surface area contributed by atoms with Crippen molar-refractivity contribution in [2.75, 3.05) is 11.1 Å². The molecule has 0 bridgehead atoms. The van der Waals surface area contributed by atoms with E-state index in [2.05, 4.69) is 58.1 Å². The topological polar surface area (TPSA) is 59.8 Å². The summed E-state index contributed by atoms with van der Waals surface area (Å²) in [6, 6.07) is 20.2. The average molecular weight is 435 g/mol. The highest BCUT2D eigenvalue weighted by atomic mass is 32.2. The molecule has 2 aromatic carbocycles. The highest BCUT2D eigenvalue weighted by molar-refractivity contribution is 7.99. The highest BCUT2D eigenvalue weighted by Gasteiger charge is 2.16. The van der Waals surface area contributed by atoms with E-state index in [0.29, 0.717) is 11.6 Å². The van der Waals surface area contributed by atoms with Gasteiger partial charge in [0.1, 0.15) is 5.82 Å². The molecule has 1 N–H and O–H groups in total. The van der Waals surface area contributed by atoms with Crippen LogP contribution < -0.4 is 5.32 Å². The lowest BCUT2D eigenvalue weighted by Gasteiger charge is -2.10. The molecule has 0 aliphatic heterocycles. The molecule has 0 unspecified atom stereocenters. The van der Waals surface area contributed by atoms with Crippen LogP contribution in [0.1, 0.15) is 21.8 Å². The Hall–Kier alpha value is -2.90. The fraction of sp³-hybridized carbons (Fsp3) is 0.174. The van der Waals surface area contributed by atoms with Crippen LogP contribution in [0.4, 0.5) is 5.69 Å². The standard InChI is InChI=1S/C23H22N4OS2/c1-16-5-9-18(10-6-16)24-22(28)15-30-23-26-25-21(14-20-4-3-13-29-20)27(23)19-11-7-17(2)8-12-19/h3-13H,14-15H2,1-2H3,(H,24,28). The summed E-state index contributed by atoms with van der Waals surface area (Å²) in [6.45, 7) is 4.08. The molecule has 0 saturated heterocycles. The minimum Gasteiger partial charge on any atom is -0.325 e. The first-order valence-corrected chi connectivity index (χ1v) is 11.5. The molecule has 2 aromatic heterocycles. The van der Waals surface area contributed by atoms with E-state index >= 15 is 0 Å². The maximum absolute atomic E-state index is 12.4. The Morgan fingerprint density at radius 1 is 1.00 bits per heavy atom. The third-order valence-electron chi connectivity index (χ3n) is 4.57. The van der Waals surface area contributed by atoms with Gasteiger partial charge in [-0.2, -0.15) is 0 Å². The van der Waals surface area contributed by atoms with E-state index in [-0.39, 0.29) is 11.7 Å². The Bertz CT molecular complexity index is 1120. The fourth-order valence-corrected chi connectivity index (χ4v) is 4.47. The van der Waals surface area contributed by atoms with Crippen molar-refractivity contribution in [2.24, 2.45) is 0 Å². The van der Waals surface area contributed by atoms with Gasteiger partial charge in [-0.05, 0) is 49.6 Å². The number of benzene rings is 2. The second kappa shape index (κ2) is 9.28. The summed E-state index contributed by atoms with van der Waals surface area (Å²) in [6.07, 6.45) is 0.703. The number of hydrogen-bond donors (Lipinski definition) is 1. The molecule has 0 spiro atoms. The molecule has 0 aliphatic rings. The van der Waals surface area contributed by atoms with Crippen molar-refractivity contribution < 1.29 is 4.79 Å². The van der Waals surface area contributed by atoms with Crippen LogP contribution in [0.3, 0.4) is 0 Å². The number of nitrogens with zero attached hydrogens (tertiary/aromatic N) is 3. The zero-order chi connectivity index (χ0) is 20.9. The molecule has 4 rings (SSSR count). The van der Waals surface area contributed by atoms with Gasteiger partial charge in [-0.3, -0.25) is 9.36 Å². The zero-order valence-corrected chi connectivity index (χ0v) is 18.5. The first-order valence-electron chi connectivity index (χ1n) is 9.61. The number of aryl methyl sites for hydroxylation is 2. The van der Waals surface area contributed by atoms with E-state index in [1.165, 1.54) is 22.2 Å². The van der Waals surface area contributed by atoms with Crippen molar-refractivity contribution in [3.05, 3.63) is 87.9 Å². The van der Waals surface area contributed by atoms with Crippen LogP contribution in [0, 0.1) is 13.8 Å². The van der Waals surface area contributed by atoms with E-state index in [1.807, 2.05) is 41.8 Å². The fourth-order valence-electron chi connectivity index (χ4n) is 2.99. The Morgan fingerprint density at radius 3 is 2.37 bits per heavy atom. The maximum Gasteiger partial charge on any atom is 0.234 e. The van der Waals surface area contributed by atoms with E-state index in [4.69, 9.17) is 0 Å². The summed E-state index contributed by atoms with van der Waals surface area (Å²) in [5.41, 5.74) is 4.15. The number of amides is 1. The van der Waals surface area contributed by atoms with Gasteiger partial charge in [0.15, 0.2) is 5.16 Å². The predicted molar refractivity (Wildman–Crippen MR) is 124 cm³/mol. The normalized spacial score (nSPS) is 10.9. The van der Waals surface area contributed by atoms with E-state index in [9.17, 15) is 4.79 Å². The molecular weight excluding hydrogens is 412 g/mol. The van der Waals surface area contributed by atoms with Crippen LogP contribution >= 0.6 is 23.1 Å². The quantitative estimate of drug-likeness (QED) is 0.403. The van der Waals surface area contributed by atoms with Gasteiger partial charge in [0.05, 0.1) is 5.75 Å². The maximum atomic E-state index is 12.4. The number of hydrogen-bond acceptors (Lipinski definition) is 5. The molecule has 4 aromatic rings. The highest BCUT2D eigenvalue weighted by Crippen LogP contribution is 2.25. The second-order valence-corrected chi connectivity index (χ2v) is 9.00. The first-order chi connectivity index (χ1) is 14.6. The van der Waals surface area contributed by atoms with Gasteiger partial charge in [0, 0.05) is 22.7 Å². The lowest BCUT2D eigenvalue weighted by molar-refractivity contribution is -0.113. The Balaban J connectivity index is 1.53. The van der Waals surface area contributed by atoms with Crippen molar-refractivity contribution in [1.29, 1.82) is 0 Å². The number of thiophene rings is 1. The van der Waals surface area contributed by atoms with E-state index in [1.54, 1.807) is 11.3 Å².